The number of β-lactam (4-membered cyclic amide) rings is 1. The standard InChI is InChI=1S/C15H16N2O5S3/c1-23-15(24-2)13(14(19)20)17(11(18)7-12(17)25-15)8-9-3-5-10(6-4-9)16(21)22/h3-6,12-13H,7-8H2,1-2H3/p+1/t12-,13+,17?/m1/s1. The molecule has 0 bridgehead atoms. The molecule has 1 N–H and O–H groups in total. The van der Waals surface area contributed by atoms with E-state index in [2.05, 4.69) is 0 Å². The Hall–Kier alpha value is -1.23. The summed E-state index contributed by atoms with van der Waals surface area (Å²) in [5.41, 5.74) is 0.705. The summed E-state index contributed by atoms with van der Waals surface area (Å²) in [5.74, 6) is -1.05. The van der Waals surface area contributed by atoms with Gasteiger partial charge in [-0.15, -0.1) is 23.5 Å². The van der Waals surface area contributed by atoms with E-state index in [9.17, 15) is 24.8 Å². The minimum atomic E-state index is -0.978. The Labute approximate surface area is 157 Å². The number of amides is 1. The molecule has 0 saturated carbocycles. The van der Waals surface area contributed by atoms with Gasteiger partial charge in [-0.3, -0.25) is 10.1 Å². The molecule has 7 nitrogen and oxygen atoms in total. The largest absolute Gasteiger partial charge is 0.477 e. The number of hydrogen-bond donors (Lipinski definition) is 1. The van der Waals surface area contributed by atoms with Gasteiger partial charge in [0.15, 0.2) is 8.78 Å². The molecule has 2 heterocycles. The zero-order valence-corrected chi connectivity index (χ0v) is 16.0. The number of carboxylic acids is 1. The lowest BCUT2D eigenvalue weighted by Gasteiger charge is -2.47. The molecule has 0 radical (unpaired) electrons. The van der Waals surface area contributed by atoms with Crippen molar-refractivity contribution in [2.75, 3.05) is 12.5 Å². The first kappa shape index (κ1) is 18.6. The van der Waals surface area contributed by atoms with Gasteiger partial charge in [0, 0.05) is 17.7 Å². The summed E-state index contributed by atoms with van der Waals surface area (Å²) in [6.45, 7) is 0.244. The van der Waals surface area contributed by atoms with Crippen molar-refractivity contribution in [2.24, 2.45) is 0 Å². The lowest BCUT2D eigenvalue weighted by molar-refractivity contribution is -0.912. The summed E-state index contributed by atoms with van der Waals surface area (Å²) in [7, 11) is 0. The monoisotopic (exact) mass is 401 g/mol. The topological polar surface area (TPSA) is 97.5 Å². The van der Waals surface area contributed by atoms with Gasteiger partial charge in [-0.2, -0.15) is 0 Å². The Morgan fingerprint density at radius 2 is 2.00 bits per heavy atom. The summed E-state index contributed by atoms with van der Waals surface area (Å²) in [4.78, 5) is 35.0. The third kappa shape index (κ3) is 2.66. The summed E-state index contributed by atoms with van der Waals surface area (Å²) in [6, 6.07) is 5.14. The van der Waals surface area contributed by atoms with E-state index in [-0.39, 0.29) is 28.0 Å². The highest BCUT2D eigenvalue weighted by atomic mass is 32.3. The van der Waals surface area contributed by atoms with Crippen molar-refractivity contribution >= 4 is 52.8 Å². The number of nitro groups is 1. The number of non-ortho nitro benzene ring substituents is 1. The third-order valence-electron chi connectivity index (χ3n) is 4.82. The van der Waals surface area contributed by atoms with Gasteiger partial charge in [-0.1, -0.05) is 11.8 Å². The van der Waals surface area contributed by atoms with Crippen molar-refractivity contribution < 1.29 is 24.1 Å². The quantitative estimate of drug-likeness (QED) is 0.255. The normalized spacial score (nSPS) is 29.8. The number of fused-ring (bicyclic) bond motifs is 1. The molecule has 0 spiro atoms. The molecular formula is C15H17N2O5S3+. The van der Waals surface area contributed by atoms with Crippen molar-refractivity contribution in [2.45, 2.75) is 27.8 Å². The number of quaternary nitrogens is 1. The van der Waals surface area contributed by atoms with Crippen LogP contribution in [-0.2, 0) is 16.1 Å². The van der Waals surface area contributed by atoms with Gasteiger partial charge >= 0.3 is 11.9 Å². The number of thioether (sulfide) groups is 3. The number of nitro benzene ring substituents is 1. The van der Waals surface area contributed by atoms with E-state index in [4.69, 9.17) is 0 Å². The van der Waals surface area contributed by atoms with Crippen LogP contribution in [0.3, 0.4) is 0 Å². The molecule has 25 heavy (non-hydrogen) atoms. The van der Waals surface area contributed by atoms with Gasteiger partial charge in [-0.05, 0) is 24.6 Å². The number of carboxylic acid groups (broad SMARTS) is 1. The van der Waals surface area contributed by atoms with Crippen molar-refractivity contribution in [3.8, 4) is 0 Å². The maximum atomic E-state index is 12.6. The molecule has 3 rings (SSSR count). The van der Waals surface area contributed by atoms with Gasteiger partial charge in [0.25, 0.3) is 5.69 Å². The molecule has 0 aromatic heterocycles. The minimum absolute atomic E-state index is 0.0246. The molecule has 1 aromatic carbocycles. The van der Waals surface area contributed by atoms with Crippen LogP contribution in [0, 0.1) is 10.1 Å². The average Bonchev–Trinajstić information content (AvgIpc) is 2.81. The van der Waals surface area contributed by atoms with Crippen molar-refractivity contribution in [3.05, 3.63) is 39.9 Å². The second kappa shape index (κ2) is 6.49. The van der Waals surface area contributed by atoms with Crippen LogP contribution < -0.4 is 0 Å². The minimum Gasteiger partial charge on any atom is -0.477 e. The molecule has 2 aliphatic heterocycles. The van der Waals surface area contributed by atoms with Gasteiger partial charge in [0.05, 0.1) is 4.92 Å². The molecular weight excluding hydrogens is 384 g/mol. The number of hydrogen-bond acceptors (Lipinski definition) is 7. The van der Waals surface area contributed by atoms with E-state index in [0.717, 1.165) is 5.56 Å². The maximum absolute atomic E-state index is 12.6. The predicted octanol–water partition coefficient (Wildman–Crippen LogP) is 2.75. The molecule has 2 aliphatic rings. The maximum Gasteiger partial charge on any atom is 0.366 e. The smallest absolute Gasteiger partial charge is 0.366 e. The van der Waals surface area contributed by atoms with Crippen LogP contribution in [0.1, 0.15) is 12.0 Å². The zero-order chi connectivity index (χ0) is 18.4. The van der Waals surface area contributed by atoms with Gasteiger partial charge < -0.3 is 5.11 Å². The predicted molar refractivity (Wildman–Crippen MR) is 99.2 cm³/mol. The first-order valence-corrected chi connectivity index (χ1v) is 10.8. The molecule has 0 aliphatic carbocycles. The van der Waals surface area contributed by atoms with Crippen LogP contribution in [-0.4, -0.2) is 53.7 Å². The molecule has 2 saturated heterocycles. The number of nitrogens with zero attached hydrogens (tertiary/aromatic N) is 2. The van der Waals surface area contributed by atoms with Crippen LogP contribution in [0.5, 0.6) is 0 Å². The van der Waals surface area contributed by atoms with Gasteiger partial charge in [0.1, 0.15) is 13.0 Å². The van der Waals surface area contributed by atoms with Crippen LogP contribution in [0.4, 0.5) is 5.69 Å². The zero-order valence-electron chi connectivity index (χ0n) is 13.6. The highest BCUT2D eigenvalue weighted by Crippen LogP contribution is 2.65. The Kier molecular flexibility index (Phi) is 4.82. The SMILES string of the molecule is CSC1(SC)S[C@@H]2CC(=O)[N+]2(Cc2ccc([N+](=O)[O-])cc2)[C@H]1C(=O)O. The third-order valence-corrected chi connectivity index (χ3v) is 10.3. The fraction of sp³-hybridized carbons (Fsp3) is 0.467. The molecule has 2 fully saturated rings. The van der Waals surface area contributed by atoms with Crippen molar-refractivity contribution in [1.29, 1.82) is 0 Å². The highest BCUT2D eigenvalue weighted by molar-refractivity contribution is 8.33. The number of carbonyl (C=O) groups excluding carboxylic acids is 1. The number of carbonyl (C=O) groups is 2. The van der Waals surface area contributed by atoms with E-state index in [1.54, 1.807) is 23.9 Å². The lowest BCUT2D eigenvalue weighted by Crippen LogP contribution is -2.71. The Morgan fingerprint density at radius 1 is 1.40 bits per heavy atom. The Bertz CT molecular complexity index is 737. The molecule has 3 atom stereocenters. The lowest BCUT2D eigenvalue weighted by atomic mass is 10.00. The van der Waals surface area contributed by atoms with Crippen LogP contribution in [0.15, 0.2) is 24.3 Å². The van der Waals surface area contributed by atoms with E-state index in [1.165, 1.54) is 35.7 Å². The Balaban J connectivity index is 2.00. The van der Waals surface area contributed by atoms with Crippen LogP contribution in [0.25, 0.3) is 0 Å². The molecule has 1 amide bonds. The van der Waals surface area contributed by atoms with Crippen LogP contribution >= 0.6 is 35.3 Å². The molecule has 134 valence electrons. The molecule has 10 heteroatoms. The highest BCUT2D eigenvalue weighted by Gasteiger charge is 2.75. The number of aliphatic carboxylic acids is 1. The summed E-state index contributed by atoms with van der Waals surface area (Å²) < 4.78 is -0.733. The fourth-order valence-electron chi connectivity index (χ4n) is 3.57. The second-order valence-electron chi connectivity index (χ2n) is 5.94. The average molecular weight is 402 g/mol. The molecule has 1 unspecified atom stereocenters. The summed E-state index contributed by atoms with van der Waals surface area (Å²) >= 11 is 4.50. The first-order chi connectivity index (χ1) is 11.8. The summed E-state index contributed by atoms with van der Waals surface area (Å²) in [5, 5.41) is 20.6. The van der Waals surface area contributed by atoms with E-state index >= 15 is 0 Å². The van der Waals surface area contributed by atoms with Crippen molar-refractivity contribution in [3.63, 3.8) is 0 Å². The fourth-order valence-corrected chi connectivity index (χ4v) is 8.22. The van der Waals surface area contributed by atoms with E-state index in [0.29, 0.717) is 6.42 Å². The summed E-state index contributed by atoms with van der Waals surface area (Å²) in [6.07, 6.45) is 4.11. The van der Waals surface area contributed by atoms with E-state index in [1.807, 2.05) is 12.5 Å². The van der Waals surface area contributed by atoms with Crippen LogP contribution in [0.2, 0.25) is 0 Å². The Morgan fingerprint density at radius 3 is 2.44 bits per heavy atom. The van der Waals surface area contributed by atoms with E-state index < -0.39 is 20.3 Å². The number of benzene rings is 1. The molecule has 1 aromatic rings. The number of rotatable bonds is 6. The van der Waals surface area contributed by atoms with Gasteiger partial charge in [-0.25, -0.2) is 14.1 Å². The first-order valence-electron chi connectivity index (χ1n) is 7.46. The van der Waals surface area contributed by atoms with Crippen molar-refractivity contribution in [1.82, 2.24) is 0 Å². The van der Waals surface area contributed by atoms with Gasteiger partial charge in [0.2, 0.25) is 6.04 Å². The second-order valence-corrected chi connectivity index (χ2v) is 10.2.